The van der Waals surface area contributed by atoms with Gasteiger partial charge in [-0.25, -0.2) is 0 Å². The van der Waals surface area contributed by atoms with E-state index in [0.29, 0.717) is 6.42 Å². The Balaban J connectivity index is -0.000000233. The lowest BCUT2D eigenvalue weighted by Gasteiger charge is -2.38. The van der Waals surface area contributed by atoms with Crippen LogP contribution in [0.1, 0.15) is 147 Å². The number of hydrogen-bond acceptors (Lipinski definition) is 2. The summed E-state index contributed by atoms with van der Waals surface area (Å²) in [5.74, 6) is 1.74. The molecule has 0 aromatic carbocycles. The topological polar surface area (TPSA) is 46.2 Å². The van der Waals surface area contributed by atoms with E-state index in [9.17, 15) is 9.59 Å². The molecule has 1 aliphatic carbocycles. The van der Waals surface area contributed by atoms with Gasteiger partial charge in [0.05, 0.1) is 6.04 Å². The smallest absolute Gasteiger partial charge is 0.220 e. The number of carbonyl (C=O) groups is 2. The van der Waals surface area contributed by atoms with Crippen molar-refractivity contribution in [2.45, 2.75) is 153 Å². The normalized spacial score (nSPS) is 14.8. The second-order valence-electron chi connectivity index (χ2n) is 9.05. The van der Waals surface area contributed by atoms with Crippen molar-refractivity contribution in [1.29, 1.82) is 0 Å². The second kappa shape index (κ2) is 27.2. The molecule has 31 heavy (non-hydrogen) atoms. The van der Waals surface area contributed by atoms with Crippen molar-refractivity contribution in [3.8, 4) is 0 Å². The molecule has 0 heterocycles. The highest BCUT2D eigenvalue weighted by Crippen LogP contribution is 2.38. The largest absolute Gasteiger partial charge is 0.346 e. The van der Waals surface area contributed by atoms with E-state index in [-0.39, 0.29) is 17.4 Å². The van der Waals surface area contributed by atoms with Crippen molar-refractivity contribution >= 4 is 12.2 Å². The van der Waals surface area contributed by atoms with Crippen LogP contribution in [0.4, 0.5) is 0 Å². The first kappa shape index (κ1) is 37.5. The first-order chi connectivity index (χ1) is 14.7. The number of unbranched alkanes of at least 4 members (excludes halogenated alkanes) is 2. The van der Waals surface area contributed by atoms with Gasteiger partial charge in [0.2, 0.25) is 5.91 Å². The molecule has 1 saturated carbocycles. The maximum Gasteiger partial charge on any atom is 0.220 e. The predicted octanol–water partition coefficient (Wildman–Crippen LogP) is 8.99. The van der Waals surface area contributed by atoms with Gasteiger partial charge in [0, 0.05) is 6.42 Å². The first-order valence-corrected chi connectivity index (χ1v) is 13.4. The van der Waals surface area contributed by atoms with Gasteiger partial charge in [0.15, 0.2) is 0 Å². The molecule has 1 N–H and O–H groups in total. The van der Waals surface area contributed by atoms with E-state index in [4.69, 9.17) is 0 Å². The van der Waals surface area contributed by atoms with Gasteiger partial charge in [0.25, 0.3) is 0 Å². The maximum atomic E-state index is 11.8. The summed E-state index contributed by atoms with van der Waals surface area (Å²) in [5, 5.41) is 2.93. The van der Waals surface area contributed by atoms with Crippen LogP contribution in [-0.4, -0.2) is 18.2 Å². The van der Waals surface area contributed by atoms with E-state index >= 15 is 0 Å². The van der Waals surface area contributed by atoms with Crippen LogP contribution in [0.3, 0.4) is 0 Å². The van der Waals surface area contributed by atoms with Crippen LogP contribution < -0.4 is 5.32 Å². The summed E-state index contributed by atoms with van der Waals surface area (Å²) in [7, 11) is 0. The maximum absolute atomic E-state index is 11.8. The van der Waals surface area contributed by atoms with Crippen molar-refractivity contribution < 1.29 is 9.59 Å². The number of rotatable bonds is 8. The number of aldehydes is 1. The Morgan fingerprint density at radius 3 is 1.61 bits per heavy atom. The van der Waals surface area contributed by atoms with Gasteiger partial charge in [-0.2, -0.15) is 0 Å². The Morgan fingerprint density at radius 2 is 1.29 bits per heavy atom. The van der Waals surface area contributed by atoms with Crippen molar-refractivity contribution in [3.05, 3.63) is 0 Å². The Kier molecular flexibility index (Phi) is 32.8. The molecule has 190 valence electrons. The van der Waals surface area contributed by atoms with Gasteiger partial charge in [-0.3, -0.25) is 4.79 Å². The second-order valence-corrected chi connectivity index (χ2v) is 9.05. The minimum atomic E-state index is -0.299. The average molecular weight is 444 g/mol. The molecular formula is C28H61NO2. The fourth-order valence-corrected chi connectivity index (χ4v) is 2.82. The molecule has 0 saturated heterocycles. The summed E-state index contributed by atoms with van der Waals surface area (Å²) in [5.41, 5.74) is -0.0274. The number of hydrogen-bond donors (Lipinski definition) is 1. The summed E-state index contributed by atoms with van der Waals surface area (Å²) in [6.45, 7) is 25.5. The molecule has 1 unspecified atom stereocenters. The molecule has 1 amide bonds. The summed E-state index contributed by atoms with van der Waals surface area (Å²) in [6.07, 6.45) is 11.5. The summed E-state index contributed by atoms with van der Waals surface area (Å²) >= 11 is 0. The third kappa shape index (κ3) is 23.6. The highest BCUT2D eigenvalue weighted by molar-refractivity contribution is 5.79. The van der Waals surface area contributed by atoms with Crippen molar-refractivity contribution in [2.75, 3.05) is 0 Å². The number of nitrogens with one attached hydrogen (secondary N) is 1. The van der Waals surface area contributed by atoms with Gasteiger partial charge in [0.1, 0.15) is 6.29 Å². The van der Waals surface area contributed by atoms with E-state index in [0.717, 1.165) is 50.2 Å². The third-order valence-electron chi connectivity index (χ3n) is 5.54. The predicted molar refractivity (Wildman–Crippen MR) is 142 cm³/mol. The molecule has 0 aromatic rings. The highest BCUT2D eigenvalue weighted by Gasteiger charge is 2.36. The van der Waals surface area contributed by atoms with Crippen LogP contribution in [0.5, 0.6) is 0 Å². The molecule has 0 aliphatic heterocycles. The van der Waals surface area contributed by atoms with Crippen LogP contribution in [0.2, 0.25) is 0 Å². The Bertz CT molecular complexity index is 352. The molecule has 0 radical (unpaired) electrons. The number of carbonyl (C=O) groups excluding carboxylic acids is 2. The molecule has 1 fully saturated rings. The van der Waals surface area contributed by atoms with E-state index in [1.54, 1.807) is 0 Å². The standard InChI is InChI=1S/C15H27NO2.C6H14.C3H8.2C2H6/c1-3-4-6-9-14(18)16-13(12-17)15(2)10-7-5-8-11-15;1-5(2)6(3)4;1-3-2;2*1-2/h12-13H,3-11H2,1-2H3,(H,16,18);5-6H,1-4H3;3H2,1-2H3;2*1-2H3. The quantitative estimate of drug-likeness (QED) is 0.300. The van der Waals surface area contributed by atoms with E-state index in [2.05, 4.69) is 60.7 Å². The molecule has 1 aliphatic rings. The minimum Gasteiger partial charge on any atom is -0.346 e. The Morgan fingerprint density at radius 1 is 0.871 bits per heavy atom. The average Bonchev–Trinajstić information content (AvgIpc) is 2.76. The van der Waals surface area contributed by atoms with E-state index < -0.39 is 0 Å². The third-order valence-corrected chi connectivity index (χ3v) is 5.54. The molecule has 3 heteroatoms. The molecule has 0 aromatic heterocycles. The zero-order valence-electron chi connectivity index (χ0n) is 23.7. The first-order valence-electron chi connectivity index (χ1n) is 13.4. The summed E-state index contributed by atoms with van der Waals surface area (Å²) in [4.78, 5) is 23.1. The van der Waals surface area contributed by atoms with Crippen molar-refractivity contribution in [3.63, 3.8) is 0 Å². The van der Waals surface area contributed by atoms with Gasteiger partial charge in [-0.15, -0.1) is 0 Å². The fraction of sp³-hybridized carbons (Fsp3) is 0.929. The zero-order valence-corrected chi connectivity index (χ0v) is 23.7. The highest BCUT2D eigenvalue weighted by atomic mass is 16.2. The monoisotopic (exact) mass is 443 g/mol. The molecule has 1 rings (SSSR count). The van der Waals surface area contributed by atoms with Crippen LogP contribution in [-0.2, 0) is 9.59 Å². The summed E-state index contributed by atoms with van der Waals surface area (Å²) < 4.78 is 0. The van der Waals surface area contributed by atoms with Crippen molar-refractivity contribution in [1.82, 2.24) is 5.32 Å². The Hall–Kier alpha value is -0.860. The molecule has 0 spiro atoms. The van der Waals surface area contributed by atoms with Crippen LogP contribution in [0.25, 0.3) is 0 Å². The molecular weight excluding hydrogens is 382 g/mol. The van der Waals surface area contributed by atoms with Crippen LogP contribution >= 0.6 is 0 Å². The SMILES string of the molecule is CC.CC.CC(C)C(C)C.CCC.CCCCCC(=O)NC(C=O)C1(C)CCCCC1. The zero-order chi connectivity index (χ0) is 25.3. The lowest BCUT2D eigenvalue weighted by atomic mass is 9.71. The van der Waals surface area contributed by atoms with Gasteiger partial charge in [-0.1, -0.05) is 122 Å². The van der Waals surface area contributed by atoms with E-state index in [1.807, 2.05) is 27.7 Å². The van der Waals surface area contributed by atoms with Gasteiger partial charge in [-0.05, 0) is 36.5 Å². The minimum absolute atomic E-state index is 0.0274. The van der Waals surface area contributed by atoms with Crippen LogP contribution in [0.15, 0.2) is 0 Å². The molecule has 3 nitrogen and oxygen atoms in total. The van der Waals surface area contributed by atoms with E-state index in [1.165, 1.54) is 25.7 Å². The fourth-order valence-electron chi connectivity index (χ4n) is 2.82. The molecule has 1 atom stereocenters. The summed E-state index contributed by atoms with van der Waals surface area (Å²) in [6, 6.07) is -0.299. The van der Waals surface area contributed by atoms with Gasteiger partial charge >= 0.3 is 0 Å². The molecule has 0 bridgehead atoms. The van der Waals surface area contributed by atoms with Gasteiger partial charge < -0.3 is 10.1 Å². The van der Waals surface area contributed by atoms with Crippen molar-refractivity contribution in [2.24, 2.45) is 17.3 Å². The number of amides is 1. The lowest BCUT2D eigenvalue weighted by Crippen LogP contribution is -2.48. The Labute approximate surface area is 197 Å². The lowest BCUT2D eigenvalue weighted by molar-refractivity contribution is -0.126. The van der Waals surface area contributed by atoms with Crippen LogP contribution in [0, 0.1) is 17.3 Å².